The Morgan fingerprint density at radius 2 is 2.00 bits per heavy atom. The number of hydrogen-bond acceptors (Lipinski definition) is 3. The summed E-state index contributed by atoms with van der Waals surface area (Å²) in [5.74, 6) is 0.512. The standard InChI is InChI=1S/C12H25NO2/c1-10(5-8-14-2)11(13)9-12(15-3)6-4-7-12/h10-11H,4-9,13H2,1-3H3. The van der Waals surface area contributed by atoms with Crippen LogP contribution in [0.2, 0.25) is 0 Å². The molecule has 0 aliphatic heterocycles. The zero-order valence-corrected chi connectivity index (χ0v) is 10.3. The summed E-state index contributed by atoms with van der Waals surface area (Å²) in [5.41, 5.74) is 6.29. The zero-order valence-electron chi connectivity index (χ0n) is 10.3. The number of methoxy groups -OCH3 is 2. The maximum Gasteiger partial charge on any atom is 0.0693 e. The predicted molar refractivity (Wildman–Crippen MR) is 61.8 cm³/mol. The molecular weight excluding hydrogens is 190 g/mol. The van der Waals surface area contributed by atoms with E-state index in [1.54, 1.807) is 7.11 Å². The molecule has 90 valence electrons. The van der Waals surface area contributed by atoms with Crippen molar-refractivity contribution in [3.05, 3.63) is 0 Å². The predicted octanol–water partition coefficient (Wildman–Crippen LogP) is 1.95. The summed E-state index contributed by atoms with van der Waals surface area (Å²) in [5, 5.41) is 0. The third-order valence-corrected chi connectivity index (χ3v) is 3.81. The SMILES string of the molecule is COCCC(C)C(N)CC1(OC)CCC1. The molecule has 0 bridgehead atoms. The van der Waals surface area contributed by atoms with Crippen LogP contribution in [0.5, 0.6) is 0 Å². The fourth-order valence-electron chi connectivity index (χ4n) is 2.21. The van der Waals surface area contributed by atoms with Crippen LogP contribution in [0.4, 0.5) is 0 Å². The van der Waals surface area contributed by atoms with Crippen LogP contribution in [0.1, 0.15) is 39.0 Å². The molecule has 3 heteroatoms. The molecule has 2 unspecified atom stereocenters. The molecule has 15 heavy (non-hydrogen) atoms. The van der Waals surface area contributed by atoms with Crippen LogP contribution in [0.3, 0.4) is 0 Å². The molecule has 3 nitrogen and oxygen atoms in total. The van der Waals surface area contributed by atoms with Gasteiger partial charge in [0.15, 0.2) is 0 Å². The minimum atomic E-state index is 0.0980. The second-order valence-electron chi connectivity index (χ2n) is 4.87. The Labute approximate surface area is 93.3 Å². The first kappa shape index (κ1) is 12.9. The van der Waals surface area contributed by atoms with Crippen molar-refractivity contribution >= 4 is 0 Å². The van der Waals surface area contributed by atoms with E-state index in [1.165, 1.54) is 19.3 Å². The molecule has 2 atom stereocenters. The Morgan fingerprint density at radius 1 is 1.33 bits per heavy atom. The fourth-order valence-corrected chi connectivity index (χ4v) is 2.21. The van der Waals surface area contributed by atoms with Crippen LogP contribution >= 0.6 is 0 Å². The highest BCUT2D eigenvalue weighted by molar-refractivity contribution is 4.93. The van der Waals surface area contributed by atoms with Gasteiger partial charge in [0, 0.05) is 26.9 Å². The van der Waals surface area contributed by atoms with E-state index in [0.717, 1.165) is 19.4 Å². The van der Waals surface area contributed by atoms with Crippen molar-refractivity contribution in [2.24, 2.45) is 11.7 Å². The molecule has 0 amide bonds. The average molecular weight is 215 g/mol. The second kappa shape index (κ2) is 5.83. The highest BCUT2D eigenvalue weighted by atomic mass is 16.5. The van der Waals surface area contributed by atoms with E-state index in [9.17, 15) is 0 Å². The van der Waals surface area contributed by atoms with Crippen molar-refractivity contribution < 1.29 is 9.47 Å². The lowest BCUT2D eigenvalue weighted by atomic mass is 9.74. The van der Waals surface area contributed by atoms with Gasteiger partial charge in [-0.15, -0.1) is 0 Å². The maximum atomic E-state index is 6.19. The Bertz CT molecular complexity index is 175. The molecule has 1 aliphatic rings. The fraction of sp³-hybridized carbons (Fsp3) is 1.00. The third-order valence-electron chi connectivity index (χ3n) is 3.81. The Kier molecular flexibility index (Phi) is 5.03. The normalized spacial score (nSPS) is 23.2. The maximum absolute atomic E-state index is 6.19. The van der Waals surface area contributed by atoms with E-state index in [0.29, 0.717) is 5.92 Å². The van der Waals surface area contributed by atoms with Gasteiger partial charge in [0.2, 0.25) is 0 Å². The summed E-state index contributed by atoms with van der Waals surface area (Å²) in [6.45, 7) is 3.00. The van der Waals surface area contributed by atoms with Gasteiger partial charge in [0.25, 0.3) is 0 Å². The zero-order chi connectivity index (χ0) is 11.3. The van der Waals surface area contributed by atoms with Gasteiger partial charge in [-0.1, -0.05) is 6.92 Å². The van der Waals surface area contributed by atoms with Gasteiger partial charge in [-0.05, 0) is 38.0 Å². The van der Waals surface area contributed by atoms with Crippen molar-refractivity contribution in [3.8, 4) is 0 Å². The van der Waals surface area contributed by atoms with Gasteiger partial charge in [-0.3, -0.25) is 0 Å². The van der Waals surface area contributed by atoms with E-state index >= 15 is 0 Å². The minimum Gasteiger partial charge on any atom is -0.385 e. The second-order valence-corrected chi connectivity index (χ2v) is 4.87. The van der Waals surface area contributed by atoms with E-state index in [2.05, 4.69) is 6.92 Å². The molecule has 0 aromatic heterocycles. The van der Waals surface area contributed by atoms with Crippen molar-refractivity contribution in [1.29, 1.82) is 0 Å². The van der Waals surface area contributed by atoms with E-state index in [1.807, 2.05) is 7.11 Å². The Balaban J connectivity index is 2.30. The lowest BCUT2D eigenvalue weighted by molar-refractivity contribution is -0.0844. The molecule has 0 saturated heterocycles. The van der Waals surface area contributed by atoms with Crippen LogP contribution in [-0.2, 0) is 9.47 Å². The average Bonchev–Trinajstić information content (AvgIpc) is 2.19. The lowest BCUT2D eigenvalue weighted by Crippen LogP contribution is -2.46. The largest absolute Gasteiger partial charge is 0.385 e. The summed E-state index contributed by atoms with van der Waals surface area (Å²) in [6.07, 6.45) is 5.67. The molecule has 2 N–H and O–H groups in total. The molecule has 1 rings (SSSR count). The smallest absolute Gasteiger partial charge is 0.0693 e. The molecule has 0 spiro atoms. The minimum absolute atomic E-state index is 0.0980. The molecule has 1 saturated carbocycles. The van der Waals surface area contributed by atoms with Gasteiger partial charge in [0.1, 0.15) is 0 Å². The summed E-state index contributed by atoms with van der Waals surface area (Å²) in [6, 6.07) is 0.236. The number of hydrogen-bond donors (Lipinski definition) is 1. The summed E-state index contributed by atoms with van der Waals surface area (Å²) >= 11 is 0. The monoisotopic (exact) mass is 215 g/mol. The summed E-state index contributed by atoms with van der Waals surface area (Å²) < 4.78 is 10.7. The molecule has 0 aromatic carbocycles. The van der Waals surface area contributed by atoms with Crippen LogP contribution in [0.15, 0.2) is 0 Å². The summed E-state index contributed by atoms with van der Waals surface area (Å²) in [7, 11) is 3.55. The molecule has 0 heterocycles. The van der Waals surface area contributed by atoms with Crippen molar-refractivity contribution in [2.45, 2.75) is 50.7 Å². The van der Waals surface area contributed by atoms with Crippen molar-refractivity contribution in [3.63, 3.8) is 0 Å². The van der Waals surface area contributed by atoms with E-state index in [4.69, 9.17) is 15.2 Å². The lowest BCUT2D eigenvalue weighted by Gasteiger charge is -2.43. The topological polar surface area (TPSA) is 44.5 Å². The number of nitrogens with two attached hydrogens (primary N) is 1. The highest BCUT2D eigenvalue weighted by Gasteiger charge is 2.39. The van der Waals surface area contributed by atoms with Gasteiger partial charge < -0.3 is 15.2 Å². The van der Waals surface area contributed by atoms with Crippen molar-refractivity contribution in [1.82, 2.24) is 0 Å². The van der Waals surface area contributed by atoms with Gasteiger partial charge >= 0.3 is 0 Å². The van der Waals surface area contributed by atoms with E-state index < -0.39 is 0 Å². The number of rotatable bonds is 7. The highest BCUT2D eigenvalue weighted by Crippen LogP contribution is 2.39. The molecule has 1 fully saturated rings. The first-order valence-corrected chi connectivity index (χ1v) is 5.93. The number of ether oxygens (including phenoxy) is 2. The van der Waals surface area contributed by atoms with Gasteiger partial charge in [0.05, 0.1) is 5.60 Å². The first-order valence-electron chi connectivity index (χ1n) is 5.93. The van der Waals surface area contributed by atoms with Gasteiger partial charge in [-0.2, -0.15) is 0 Å². The quantitative estimate of drug-likeness (QED) is 0.706. The van der Waals surface area contributed by atoms with Crippen LogP contribution in [0, 0.1) is 5.92 Å². The first-order chi connectivity index (χ1) is 7.13. The van der Waals surface area contributed by atoms with E-state index in [-0.39, 0.29) is 11.6 Å². The molecule has 0 radical (unpaired) electrons. The van der Waals surface area contributed by atoms with Crippen LogP contribution in [-0.4, -0.2) is 32.5 Å². The molecular formula is C12H25NO2. The Hall–Kier alpha value is -0.120. The third kappa shape index (κ3) is 3.44. The van der Waals surface area contributed by atoms with Crippen molar-refractivity contribution in [2.75, 3.05) is 20.8 Å². The summed E-state index contributed by atoms with van der Waals surface area (Å²) in [4.78, 5) is 0. The van der Waals surface area contributed by atoms with Crippen LogP contribution < -0.4 is 5.73 Å². The Morgan fingerprint density at radius 3 is 2.40 bits per heavy atom. The molecule has 0 aromatic rings. The molecule has 1 aliphatic carbocycles. The van der Waals surface area contributed by atoms with Gasteiger partial charge in [-0.25, -0.2) is 0 Å². The van der Waals surface area contributed by atoms with Crippen LogP contribution in [0.25, 0.3) is 0 Å².